The first-order chi connectivity index (χ1) is 15.2. The van der Waals surface area contributed by atoms with Gasteiger partial charge in [-0.15, -0.1) is 0 Å². The van der Waals surface area contributed by atoms with E-state index in [1.54, 1.807) is 4.90 Å². The number of benzene rings is 2. The number of carbonyl (C=O) groups excluding carboxylic acids is 2. The number of nitrogens with zero attached hydrogens (tertiary/aromatic N) is 2. The van der Waals surface area contributed by atoms with Crippen LogP contribution in [0.25, 0.3) is 0 Å². The Kier molecular flexibility index (Phi) is 6.02. The summed E-state index contributed by atoms with van der Waals surface area (Å²) < 4.78 is 5.66. The van der Waals surface area contributed by atoms with E-state index in [0.717, 1.165) is 29.5 Å². The third kappa shape index (κ3) is 4.38. The fourth-order valence-corrected chi connectivity index (χ4v) is 5.02. The van der Waals surface area contributed by atoms with E-state index in [9.17, 15) is 9.59 Å². The Hall–Kier alpha value is -2.82. The minimum atomic E-state index is -0.544. The van der Waals surface area contributed by atoms with Gasteiger partial charge in [0.05, 0.1) is 6.04 Å². The smallest absolute Gasteiger partial charge is 0.410 e. The van der Waals surface area contributed by atoms with Crippen molar-refractivity contribution >= 4 is 12.0 Å². The minimum Gasteiger partial charge on any atom is -0.444 e. The third-order valence-corrected chi connectivity index (χ3v) is 6.53. The standard InChI is InChI=1S/C27H34N2O3/c1-6-19-14-18(2)24-21(15-19)22-16-28(26(31)32-27(3,4)5)17-23(22)29(25(24)30)13-12-20-10-8-7-9-11-20/h7-11,14-15,22-23H,6,12-13,16-17H2,1-5H3. The van der Waals surface area contributed by atoms with Crippen LogP contribution >= 0.6 is 0 Å². The van der Waals surface area contributed by atoms with E-state index in [1.807, 2.05) is 50.8 Å². The molecule has 4 rings (SSSR count). The van der Waals surface area contributed by atoms with Gasteiger partial charge in [0.1, 0.15) is 5.60 Å². The van der Waals surface area contributed by atoms with Gasteiger partial charge in [0.2, 0.25) is 0 Å². The summed E-state index contributed by atoms with van der Waals surface area (Å²) in [5.74, 6) is 0.194. The second kappa shape index (κ2) is 8.61. The lowest BCUT2D eigenvalue weighted by Gasteiger charge is -2.39. The van der Waals surface area contributed by atoms with E-state index < -0.39 is 5.60 Å². The molecule has 2 atom stereocenters. The zero-order valence-corrected chi connectivity index (χ0v) is 19.9. The highest BCUT2D eigenvalue weighted by Crippen LogP contribution is 2.40. The van der Waals surface area contributed by atoms with Crippen molar-refractivity contribution in [3.05, 3.63) is 70.3 Å². The molecule has 2 unspecified atom stereocenters. The normalized spacial score (nSPS) is 20.2. The molecule has 2 aromatic carbocycles. The summed E-state index contributed by atoms with van der Waals surface area (Å²) in [4.78, 5) is 30.4. The van der Waals surface area contributed by atoms with Crippen LogP contribution in [-0.4, -0.2) is 53.1 Å². The highest BCUT2D eigenvalue weighted by Gasteiger charge is 2.47. The molecule has 0 saturated carbocycles. The number of likely N-dealkylation sites (tertiary alicyclic amines) is 1. The van der Waals surface area contributed by atoms with Gasteiger partial charge in [-0.2, -0.15) is 0 Å². The van der Waals surface area contributed by atoms with E-state index >= 15 is 0 Å². The predicted molar refractivity (Wildman–Crippen MR) is 126 cm³/mol. The van der Waals surface area contributed by atoms with Crippen LogP contribution in [0, 0.1) is 6.92 Å². The molecule has 0 spiro atoms. The van der Waals surface area contributed by atoms with Crippen LogP contribution in [0.3, 0.4) is 0 Å². The van der Waals surface area contributed by atoms with Crippen molar-refractivity contribution in [1.29, 1.82) is 0 Å². The van der Waals surface area contributed by atoms with Gasteiger partial charge < -0.3 is 14.5 Å². The van der Waals surface area contributed by atoms with Crippen LogP contribution in [-0.2, 0) is 17.6 Å². The molecule has 0 aliphatic carbocycles. The molecule has 1 fully saturated rings. The Morgan fingerprint density at radius 1 is 1.09 bits per heavy atom. The summed E-state index contributed by atoms with van der Waals surface area (Å²) >= 11 is 0. The van der Waals surface area contributed by atoms with Gasteiger partial charge in [-0.3, -0.25) is 4.79 Å². The maximum Gasteiger partial charge on any atom is 0.410 e. The van der Waals surface area contributed by atoms with E-state index in [1.165, 1.54) is 11.1 Å². The lowest BCUT2D eigenvalue weighted by molar-refractivity contribution is 0.0275. The molecule has 1 saturated heterocycles. The molecule has 0 bridgehead atoms. The van der Waals surface area contributed by atoms with Crippen molar-refractivity contribution in [3.63, 3.8) is 0 Å². The zero-order valence-electron chi connectivity index (χ0n) is 19.9. The summed E-state index contributed by atoms with van der Waals surface area (Å²) in [6, 6.07) is 14.5. The average Bonchev–Trinajstić information content (AvgIpc) is 3.18. The van der Waals surface area contributed by atoms with Gasteiger partial charge in [0.15, 0.2) is 0 Å². The summed E-state index contributed by atoms with van der Waals surface area (Å²) in [7, 11) is 0. The van der Waals surface area contributed by atoms with Crippen molar-refractivity contribution in [2.75, 3.05) is 19.6 Å². The highest BCUT2D eigenvalue weighted by molar-refractivity contribution is 5.99. The van der Waals surface area contributed by atoms with Crippen molar-refractivity contribution < 1.29 is 14.3 Å². The Morgan fingerprint density at radius 2 is 1.81 bits per heavy atom. The second-order valence-corrected chi connectivity index (χ2v) is 10.0. The SMILES string of the molecule is CCc1cc(C)c2c(c1)C1CN(C(=O)OC(C)(C)C)CC1N(CCc1ccccc1)C2=O. The molecule has 2 heterocycles. The summed E-state index contributed by atoms with van der Waals surface area (Å²) in [5, 5.41) is 0. The van der Waals surface area contributed by atoms with Crippen LogP contribution in [0.15, 0.2) is 42.5 Å². The van der Waals surface area contributed by atoms with E-state index in [0.29, 0.717) is 19.6 Å². The van der Waals surface area contributed by atoms with Gasteiger partial charge in [-0.25, -0.2) is 4.79 Å². The van der Waals surface area contributed by atoms with Crippen LogP contribution in [0.5, 0.6) is 0 Å². The zero-order chi connectivity index (χ0) is 23.0. The number of hydrogen-bond acceptors (Lipinski definition) is 3. The van der Waals surface area contributed by atoms with E-state index in [-0.39, 0.29) is 24.0 Å². The fourth-order valence-electron chi connectivity index (χ4n) is 5.02. The molecule has 0 radical (unpaired) electrons. The van der Waals surface area contributed by atoms with Gasteiger partial charge in [0, 0.05) is 31.1 Å². The van der Waals surface area contributed by atoms with Gasteiger partial charge >= 0.3 is 6.09 Å². The molecule has 0 aromatic heterocycles. The van der Waals surface area contributed by atoms with Gasteiger partial charge in [-0.05, 0) is 62.8 Å². The predicted octanol–water partition coefficient (Wildman–Crippen LogP) is 4.96. The number of ether oxygens (including phenoxy) is 1. The molecule has 170 valence electrons. The van der Waals surface area contributed by atoms with Gasteiger partial charge in [0.25, 0.3) is 5.91 Å². The Balaban J connectivity index is 1.67. The largest absolute Gasteiger partial charge is 0.444 e. The van der Waals surface area contributed by atoms with Crippen LogP contribution in [0.2, 0.25) is 0 Å². The number of carbonyl (C=O) groups is 2. The summed E-state index contributed by atoms with van der Waals surface area (Å²) in [5.41, 5.74) is 4.85. The first kappa shape index (κ1) is 22.4. The molecular weight excluding hydrogens is 400 g/mol. The van der Waals surface area contributed by atoms with Crippen LogP contribution < -0.4 is 0 Å². The third-order valence-electron chi connectivity index (χ3n) is 6.53. The monoisotopic (exact) mass is 434 g/mol. The van der Waals surface area contributed by atoms with Crippen molar-refractivity contribution in [3.8, 4) is 0 Å². The maximum absolute atomic E-state index is 13.7. The average molecular weight is 435 g/mol. The van der Waals surface area contributed by atoms with E-state index in [4.69, 9.17) is 4.74 Å². The number of aryl methyl sites for hydroxylation is 2. The van der Waals surface area contributed by atoms with Crippen LogP contribution in [0.1, 0.15) is 66.2 Å². The molecule has 0 N–H and O–H groups in total. The Labute approximate surface area is 191 Å². The number of fused-ring (bicyclic) bond motifs is 3. The number of rotatable bonds is 4. The number of hydrogen-bond donors (Lipinski definition) is 0. The molecule has 5 heteroatoms. The Bertz CT molecular complexity index is 1010. The minimum absolute atomic E-state index is 0.0299. The molecule has 2 aliphatic rings. The first-order valence-electron chi connectivity index (χ1n) is 11.6. The molecule has 2 aromatic rings. The van der Waals surface area contributed by atoms with Gasteiger partial charge in [-0.1, -0.05) is 49.4 Å². The Morgan fingerprint density at radius 3 is 2.47 bits per heavy atom. The number of amides is 2. The highest BCUT2D eigenvalue weighted by atomic mass is 16.6. The van der Waals surface area contributed by atoms with Crippen LogP contribution in [0.4, 0.5) is 4.79 Å². The first-order valence-corrected chi connectivity index (χ1v) is 11.6. The molecule has 2 amide bonds. The second-order valence-electron chi connectivity index (χ2n) is 10.0. The molecule has 5 nitrogen and oxygen atoms in total. The lowest BCUT2D eigenvalue weighted by atomic mass is 9.81. The van der Waals surface area contributed by atoms with Crippen molar-refractivity contribution in [2.45, 2.75) is 65.0 Å². The van der Waals surface area contributed by atoms with Crippen molar-refractivity contribution in [2.24, 2.45) is 0 Å². The maximum atomic E-state index is 13.7. The molecular formula is C27H34N2O3. The quantitative estimate of drug-likeness (QED) is 0.683. The van der Waals surface area contributed by atoms with E-state index in [2.05, 4.69) is 31.2 Å². The molecule has 2 aliphatic heterocycles. The lowest BCUT2D eigenvalue weighted by Crippen LogP contribution is -2.49. The van der Waals surface area contributed by atoms with Crippen molar-refractivity contribution in [1.82, 2.24) is 9.80 Å². The summed E-state index contributed by atoms with van der Waals surface area (Å²) in [6.45, 7) is 11.6. The topological polar surface area (TPSA) is 49.9 Å². The molecule has 32 heavy (non-hydrogen) atoms. The fraction of sp³-hybridized carbons (Fsp3) is 0.481. The summed E-state index contributed by atoms with van der Waals surface area (Å²) in [6.07, 6.45) is 1.42.